The summed E-state index contributed by atoms with van der Waals surface area (Å²) in [6, 6.07) is 9.77. The SMILES string of the molecule is O=C(NCc1ccncc1)c1ccc(CN2C(=O)NC3(CCS(=O)(=O)CC3)C2=O)cc1. The van der Waals surface area contributed by atoms with Crippen LogP contribution in [0.15, 0.2) is 48.8 Å². The lowest BCUT2D eigenvalue weighted by Gasteiger charge is -2.30. The molecule has 2 saturated heterocycles. The van der Waals surface area contributed by atoms with E-state index in [4.69, 9.17) is 0 Å². The lowest BCUT2D eigenvalue weighted by Crippen LogP contribution is -2.52. The van der Waals surface area contributed by atoms with Gasteiger partial charge in [-0.25, -0.2) is 13.2 Å². The van der Waals surface area contributed by atoms with E-state index >= 15 is 0 Å². The summed E-state index contributed by atoms with van der Waals surface area (Å²) in [5, 5.41) is 5.52. The summed E-state index contributed by atoms with van der Waals surface area (Å²) < 4.78 is 23.4. The van der Waals surface area contributed by atoms with Crippen molar-refractivity contribution in [2.75, 3.05) is 11.5 Å². The number of nitrogens with one attached hydrogen (secondary N) is 2. The van der Waals surface area contributed by atoms with E-state index in [0.717, 1.165) is 10.5 Å². The maximum Gasteiger partial charge on any atom is 0.325 e. The van der Waals surface area contributed by atoms with Crippen molar-refractivity contribution < 1.29 is 22.8 Å². The van der Waals surface area contributed by atoms with Gasteiger partial charge in [0.1, 0.15) is 5.54 Å². The Hall–Kier alpha value is -3.27. The van der Waals surface area contributed by atoms with Gasteiger partial charge in [0.15, 0.2) is 9.84 Å². The number of amides is 4. The molecular formula is C21H22N4O5S. The van der Waals surface area contributed by atoms with Gasteiger partial charge in [0.2, 0.25) is 0 Å². The number of pyridine rings is 1. The third-order valence-corrected chi connectivity index (χ3v) is 7.34. The van der Waals surface area contributed by atoms with Crippen molar-refractivity contribution in [1.29, 1.82) is 0 Å². The molecule has 31 heavy (non-hydrogen) atoms. The zero-order chi connectivity index (χ0) is 22.1. The van der Waals surface area contributed by atoms with Crippen molar-refractivity contribution in [2.45, 2.75) is 31.5 Å². The fourth-order valence-electron chi connectivity index (χ4n) is 3.77. The molecule has 0 aliphatic carbocycles. The molecule has 0 unspecified atom stereocenters. The Balaban J connectivity index is 1.38. The van der Waals surface area contributed by atoms with Crippen LogP contribution in [0.25, 0.3) is 0 Å². The molecule has 0 bridgehead atoms. The zero-order valence-corrected chi connectivity index (χ0v) is 17.5. The fraction of sp³-hybridized carbons (Fsp3) is 0.333. The number of urea groups is 1. The maximum atomic E-state index is 12.9. The van der Waals surface area contributed by atoms with Crippen LogP contribution in [0.4, 0.5) is 4.79 Å². The van der Waals surface area contributed by atoms with Gasteiger partial charge < -0.3 is 10.6 Å². The molecular weight excluding hydrogens is 420 g/mol. The van der Waals surface area contributed by atoms with Crippen molar-refractivity contribution in [3.8, 4) is 0 Å². The summed E-state index contributed by atoms with van der Waals surface area (Å²) >= 11 is 0. The number of rotatable bonds is 5. The van der Waals surface area contributed by atoms with E-state index in [9.17, 15) is 22.8 Å². The number of benzene rings is 1. The monoisotopic (exact) mass is 442 g/mol. The van der Waals surface area contributed by atoms with E-state index in [0.29, 0.717) is 17.7 Å². The van der Waals surface area contributed by atoms with E-state index in [2.05, 4.69) is 15.6 Å². The summed E-state index contributed by atoms with van der Waals surface area (Å²) in [5.74, 6) is -0.862. The van der Waals surface area contributed by atoms with Crippen molar-refractivity contribution in [3.05, 3.63) is 65.5 Å². The van der Waals surface area contributed by atoms with Gasteiger partial charge in [-0.3, -0.25) is 19.5 Å². The third kappa shape index (κ3) is 4.43. The highest BCUT2D eigenvalue weighted by Crippen LogP contribution is 2.31. The summed E-state index contributed by atoms with van der Waals surface area (Å²) in [7, 11) is -3.16. The molecule has 4 rings (SSSR count). The molecule has 4 amide bonds. The van der Waals surface area contributed by atoms with Crippen molar-refractivity contribution in [2.24, 2.45) is 0 Å². The average Bonchev–Trinajstić information content (AvgIpc) is 3.00. The van der Waals surface area contributed by atoms with Crippen molar-refractivity contribution >= 4 is 27.7 Å². The third-order valence-electron chi connectivity index (χ3n) is 5.68. The van der Waals surface area contributed by atoms with E-state index in [1.54, 1.807) is 36.7 Å². The topological polar surface area (TPSA) is 126 Å². The van der Waals surface area contributed by atoms with Crippen LogP contribution >= 0.6 is 0 Å². The molecule has 1 aromatic carbocycles. The van der Waals surface area contributed by atoms with Gasteiger partial charge >= 0.3 is 6.03 Å². The van der Waals surface area contributed by atoms with Gasteiger partial charge in [0, 0.05) is 24.5 Å². The first-order valence-corrected chi connectivity index (χ1v) is 11.7. The standard InChI is InChI=1S/C21H22N4O5S/c26-18(23-13-15-5-9-22-10-6-15)17-3-1-16(2-4-17)14-25-19(27)21(24-20(25)28)7-11-31(29,30)12-8-21/h1-6,9-10H,7-8,11-14H2,(H,23,26)(H,24,28). The Labute approximate surface area is 179 Å². The van der Waals surface area contributed by atoms with Gasteiger partial charge in [-0.1, -0.05) is 12.1 Å². The van der Waals surface area contributed by atoms with E-state index in [1.807, 2.05) is 12.1 Å². The number of hydrogen-bond donors (Lipinski definition) is 2. The maximum absolute atomic E-state index is 12.9. The van der Waals surface area contributed by atoms with Crippen LogP contribution < -0.4 is 10.6 Å². The minimum atomic E-state index is -3.16. The molecule has 1 aromatic heterocycles. The molecule has 0 atom stereocenters. The second kappa shape index (κ2) is 8.10. The molecule has 2 fully saturated rings. The van der Waals surface area contributed by atoms with Gasteiger partial charge in [-0.05, 0) is 48.2 Å². The summed E-state index contributed by atoms with van der Waals surface area (Å²) in [4.78, 5) is 42.6. The molecule has 10 heteroatoms. The average molecular weight is 442 g/mol. The highest BCUT2D eigenvalue weighted by molar-refractivity contribution is 7.91. The second-order valence-corrected chi connectivity index (χ2v) is 10.1. The molecule has 2 aromatic rings. The predicted molar refractivity (Wildman–Crippen MR) is 112 cm³/mol. The van der Waals surface area contributed by atoms with Gasteiger partial charge in [0.25, 0.3) is 11.8 Å². The van der Waals surface area contributed by atoms with E-state index in [-0.39, 0.29) is 36.8 Å². The molecule has 2 aliphatic heterocycles. The van der Waals surface area contributed by atoms with Crippen LogP contribution in [0.5, 0.6) is 0 Å². The van der Waals surface area contributed by atoms with Crippen LogP contribution in [-0.2, 0) is 27.7 Å². The summed E-state index contributed by atoms with van der Waals surface area (Å²) in [6.45, 7) is 0.432. The number of nitrogens with zero attached hydrogens (tertiary/aromatic N) is 2. The quantitative estimate of drug-likeness (QED) is 0.666. The minimum absolute atomic E-state index is 0.0537. The molecule has 162 valence electrons. The zero-order valence-electron chi connectivity index (χ0n) is 16.7. The van der Waals surface area contributed by atoms with Crippen LogP contribution in [0.2, 0.25) is 0 Å². The van der Waals surface area contributed by atoms with E-state index < -0.39 is 27.3 Å². The largest absolute Gasteiger partial charge is 0.348 e. The van der Waals surface area contributed by atoms with Gasteiger partial charge in [-0.15, -0.1) is 0 Å². The summed E-state index contributed by atoms with van der Waals surface area (Å²) in [5.41, 5.74) is 0.955. The van der Waals surface area contributed by atoms with Gasteiger partial charge in [-0.2, -0.15) is 0 Å². The predicted octanol–water partition coefficient (Wildman–Crippen LogP) is 1.01. The Morgan fingerprint density at radius 3 is 2.32 bits per heavy atom. The molecule has 3 heterocycles. The first-order valence-electron chi connectivity index (χ1n) is 9.89. The Morgan fingerprint density at radius 1 is 1.03 bits per heavy atom. The smallest absolute Gasteiger partial charge is 0.325 e. The molecule has 9 nitrogen and oxygen atoms in total. The van der Waals surface area contributed by atoms with Crippen LogP contribution in [0.1, 0.15) is 34.3 Å². The van der Waals surface area contributed by atoms with Crippen molar-refractivity contribution in [1.82, 2.24) is 20.5 Å². The van der Waals surface area contributed by atoms with Gasteiger partial charge in [0.05, 0.1) is 18.1 Å². The lowest BCUT2D eigenvalue weighted by molar-refractivity contribution is -0.132. The van der Waals surface area contributed by atoms with Crippen molar-refractivity contribution in [3.63, 3.8) is 0 Å². The molecule has 0 saturated carbocycles. The number of carbonyl (C=O) groups is 3. The number of imide groups is 1. The summed E-state index contributed by atoms with van der Waals surface area (Å²) in [6.07, 6.45) is 3.49. The molecule has 0 radical (unpaired) electrons. The lowest BCUT2D eigenvalue weighted by atomic mass is 9.92. The second-order valence-electron chi connectivity index (χ2n) is 7.79. The Kier molecular flexibility index (Phi) is 5.48. The number of hydrogen-bond acceptors (Lipinski definition) is 6. The Bertz CT molecular complexity index is 1100. The molecule has 2 N–H and O–H groups in total. The number of aromatic nitrogens is 1. The normalized spacial score (nSPS) is 19.3. The first kappa shape index (κ1) is 21.0. The van der Waals surface area contributed by atoms with Crippen LogP contribution in [0, 0.1) is 0 Å². The van der Waals surface area contributed by atoms with E-state index in [1.165, 1.54) is 0 Å². The highest BCUT2D eigenvalue weighted by Gasteiger charge is 2.53. The molecule has 1 spiro atoms. The fourth-order valence-corrected chi connectivity index (χ4v) is 5.30. The van der Waals surface area contributed by atoms with Crippen LogP contribution in [0.3, 0.4) is 0 Å². The first-order chi connectivity index (χ1) is 14.8. The highest BCUT2D eigenvalue weighted by atomic mass is 32.2. The molecule has 2 aliphatic rings. The number of carbonyl (C=O) groups excluding carboxylic acids is 3. The Morgan fingerprint density at radius 2 is 1.68 bits per heavy atom. The number of sulfone groups is 1. The minimum Gasteiger partial charge on any atom is -0.348 e. The van der Waals surface area contributed by atoms with Crippen LogP contribution in [-0.4, -0.2) is 53.2 Å².